The van der Waals surface area contributed by atoms with Crippen molar-refractivity contribution in [1.82, 2.24) is 10.0 Å². The molecule has 1 amide bonds. The summed E-state index contributed by atoms with van der Waals surface area (Å²) in [5.41, 5.74) is 2.66. The van der Waals surface area contributed by atoms with E-state index in [9.17, 15) is 13.2 Å². The molecule has 27 heavy (non-hydrogen) atoms. The number of sulfonamides is 1. The monoisotopic (exact) mass is 400 g/mol. The van der Waals surface area contributed by atoms with Crippen molar-refractivity contribution in [2.75, 3.05) is 0 Å². The minimum Gasteiger partial charge on any atom is -0.350 e. The van der Waals surface area contributed by atoms with Gasteiger partial charge < -0.3 is 5.32 Å². The summed E-state index contributed by atoms with van der Waals surface area (Å²) < 4.78 is 27.9. The quantitative estimate of drug-likeness (QED) is 0.638. The standard InChI is InChI=1S/C20H20N2O3S2/c1-15-9-11-16(12-10-15)14-21-20(23)19(17-6-3-2-4-7-17)22-27(24,25)18-8-5-13-26-18/h2-13,19,22H,14H2,1H3,(H,21,23). The number of thiophene rings is 1. The van der Waals surface area contributed by atoms with Gasteiger partial charge in [-0.1, -0.05) is 66.2 Å². The SMILES string of the molecule is Cc1ccc(CNC(=O)C(NS(=O)(=O)c2cccs2)c2ccccc2)cc1. The topological polar surface area (TPSA) is 75.3 Å². The summed E-state index contributed by atoms with van der Waals surface area (Å²) in [6.45, 7) is 2.32. The highest BCUT2D eigenvalue weighted by atomic mass is 32.2. The maximum Gasteiger partial charge on any atom is 0.251 e. The molecule has 2 aromatic carbocycles. The van der Waals surface area contributed by atoms with E-state index in [1.807, 2.05) is 37.3 Å². The Kier molecular flexibility index (Phi) is 6.05. The Hall–Kier alpha value is -2.48. The summed E-state index contributed by atoms with van der Waals surface area (Å²) in [5, 5.41) is 4.51. The van der Waals surface area contributed by atoms with Gasteiger partial charge in [-0.25, -0.2) is 8.42 Å². The Labute approximate surface area is 163 Å². The van der Waals surface area contributed by atoms with E-state index >= 15 is 0 Å². The molecule has 0 fully saturated rings. The zero-order valence-electron chi connectivity index (χ0n) is 14.8. The maximum atomic E-state index is 12.8. The third-order valence-electron chi connectivity index (χ3n) is 4.02. The van der Waals surface area contributed by atoms with Gasteiger partial charge in [0.05, 0.1) is 0 Å². The number of hydrogen-bond acceptors (Lipinski definition) is 4. The van der Waals surface area contributed by atoms with Crippen molar-refractivity contribution >= 4 is 27.3 Å². The summed E-state index contributed by atoms with van der Waals surface area (Å²) in [7, 11) is -3.79. The number of hydrogen-bond donors (Lipinski definition) is 2. The van der Waals surface area contributed by atoms with E-state index in [4.69, 9.17) is 0 Å². The lowest BCUT2D eigenvalue weighted by molar-refractivity contribution is -0.123. The van der Waals surface area contributed by atoms with Crippen LogP contribution in [0.3, 0.4) is 0 Å². The van der Waals surface area contributed by atoms with Crippen LogP contribution in [0.2, 0.25) is 0 Å². The second-order valence-corrected chi connectivity index (χ2v) is 8.99. The van der Waals surface area contributed by atoms with Crippen LogP contribution in [0.1, 0.15) is 22.7 Å². The normalized spacial score (nSPS) is 12.5. The first-order valence-electron chi connectivity index (χ1n) is 8.40. The van der Waals surface area contributed by atoms with Crippen LogP contribution in [0.5, 0.6) is 0 Å². The Morgan fingerprint density at radius 3 is 2.33 bits per heavy atom. The minimum absolute atomic E-state index is 0.176. The van der Waals surface area contributed by atoms with Crippen LogP contribution in [0.4, 0.5) is 0 Å². The van der Waals surface area contributed by atoms with Crippen LogP contribution in [0.15, 0.2) is 76.3 Å². The summed E-state index contributed by atoms with van der Waals surface area (Å²) >= 11 is 1.11. The van der Waals surface area contributed by atoms with Gasteiger partial charge in [-0.05, 0) is 29.5 Å². The highest BCUT2D eigenvalue weighted by Crippen LogP contribution is 2.21. The molecule has 5 nitrogen and oxygen atoms in total. The molecule has 0 radical (unpaired) electrons. The van der Waals surface area contributed by atoms with Gasteiger partial charge in [0.2, 0.25) is 5.91 Å². The highest BCUT2D eigenvalue weighted by Gasteiger charge is 2.27. The lowest BCUT2D eigenvalue weighted by Crippen LogP contribution is -2.40. The molecule has 1 aromatic heterocycles. The van der Waals surface area contributed by atoms with Crippen molar-refractivity contribution in [2.45, 2.75) is 23.7 Å². The predicted molar refractivity (Wildman–Crippen MR) is 107 cm³/mol. The van der Waals surface area contributed by atoms with Crippen molar-refractivity contribution in [1.29, 1.82) is 0 Å². The zero-order valence-corrected chi connectivity index (χ0v) is 16.4. The fraction of sp³-hybridized carbons (Fsp3) is 0.150. The van der Waals surface area contributed by atoms with Crippen molar-refractivity contribution < 1.29 is 13.2 Å². The molecule has 0 aliphatic rings. The van der Waals surface area contributed by atoms with Crippen molar-refractivity contribution in [3.05, 3.63) is 88.8 Å². The summed E-state index contributed by atoms with van der Waals surface area (Å²) in [4.78, 5) is 12.8. The van der Waals surface area contributed by atoms with Gasteiger partial charge >= 0.3 is 0 Å². The van der Waals surface area contributed by atoms with E-state index in [0.29, 0.717) is 12.1 Å². The van der Waals surface area contributed by atoms with Crippen LogP contribution < -0.4 is 10.0 Å². The molecule has 0 aliphatic heterocycles. The first-order valence-corrected chi connectivity index (χ1v) is 10.8. The smallest absolute Gasteiger partial charge is 0.251 e. The van der Waals surface area contributed by atoms with Crippen molar-refractivity contribution in [2.24, 2.45) is 0 Å². The van der Waals surface area contributed by atoms with Crippen LogP contribution in [-0.2, 0) is 21.4 Å². The predicted octanol–water partition coefficient (Wildman–Crippen LogP) is 3.39. The molecular weight excluding hydrogens is 380 g/mol. The molecule has 1 heterocycles. The largest absolute Gasteiger partial charge is 0.350 e. The molecule has 0 bridgehead atoms. The lowest BCUT2D eigenvalue weighted by Gasteiger charge is -2.18. The average molecular weight is 401 g/mol. The number of aryl methyl sites for hydroxylation is 1. The highest BCUT2D eigenvalue weighted by molar-refractivity contribution is 7.91. The molecule has 3 aromatic rings. The second kappa shape index (κ2) is 8.47. The number of benzene rings is 2. The maximum absolute atomic E-state index is 12.8. The first-order chi connectivity index (χ1) is 13.0. The molecule has 1 atom stereocenters. The van der Waals surface area contributed by atoms with E-state index in [-0.39, 0.29) is 4.21 Å². The van der Waals surface area contributed by atoms with Crippen LogP contribution in [0, 0.1) is 6.92 Å². The number of amides is 1. The fourth-order valence-electron chi connectivity index (χ4n) is 2.55. The Balaban J connectivity index is 1.79. The summed E-state index contributed by atoms with van der Waals surface area (Å²) in [6.07, 6.45) is 0. The molecule has 0 saturated heterocycles. The second-order valence-electron chi connectivity index (χ2n) is 6.10. The molecule has 140 valence electrons. The van der Waals surface area contributed by atoms with E-state index in [1.54, 1.807) is 35.7 Å². The molecule has 2 N–H and O–H groups in total. The molecule has 3 rings (SSSR count). The molecule has 7 heteroatoms. The minimum atomic E-state index is -3.79. The van der Waals surface area contributed by atoms with E-state index < -0.39 is 22.0 Å². The van der Waals surface area contributed by atoms with Crippen molar-refractivity contribution in [3.63, 3.8) is 0 Å². The molecular formula is C20H20N2O3S2. The number of nitrogens with one attached hydrogen (secondary N) is 2. The molecule has 0 spiro atoms. The van der Waals surface area contributed by atoms with Crippen LogP contribution in [-0.4, -0.2) is 14.3 Å². The summed E-state index contributed by atoms with van der Waals surface area (Å²) in [5.74, 6) is -0.401. The lowest BCUT2D eigenvalue weighted by atomic mass is 10.1. The third-order valence-corrected chi connectivity index (χ3v) is 6.84. The van der Waals surface area contributed by atoms with Gasteiger partial charge in [0.1, 0.15) is 10.3 Å². The Bertz CT molecular complexity index is 983. The number of carbonyl (C=O) groups excluding carboxylic acids is 1. The van der Waals surface area contributed by atoms with Crippen LogP contribution in [0.25, 0.3) is 0 Å². The molecule has 0 saturated carbocycles. The van der Waals surface area contributed by atoms with Gasteiger partial charge in [0, 0.05) is 6.54 Å². The van der Waals surface area contributed by atoms with E-state index in [0.717, 1.165) is 22.5 Å². The fourth-order valence-corrected chi connectivity index (χ4v) is 4.74. The molecule has 1 unspecified atom stereocenters. The van der Waals surface area contributed by atoms with Gasteiger partial charge in [0.25, 0.3) is 10.0 Å². The number of carbonyl (C=O) groups is 1. The Morgan fingerprint density at radius 2 is 1.70 bits per heavy atom. The summed E-state index contributed by atoms with van der Waals surface area (Å²) in [6, 6.07) is 18.8. The first kappa shape index (κ1) is 19.3. The zero-order chi connectivity index (χ0) is 19.3. The molecule has 0 aliphatic carbocycles. The van der Waals surface area contributed by atoms with E-state index in [1.165, 1.54) is 6.07 Å². The number of rotatable bonds is 7. The van der Waals surface area contributed by atoms with Crippen molar-refractivity contribution in [3.8, 4) is 0 Å². The van der Waals surface area contributed by atoms with Gasteiger partial charge in [-0.2, -0.15) is 4.72 Å². The third kappa shape index (κ3) is 5.03. The van der Waals surface area contributed by atoms with Gasteiger partial charge in [-0.15, -0.1) is 11.3 Å². The average Bonchev–Trinajstić information content (AvgIpc) is 3.22. The van der Waals surface area contributed by atoms with Gasteiger partial charge in [0.15, 0.2) is 0 Å². The van der Waals surface area contributed by atoms with E-state index in [2.05, 4.69) is 10.0 Å². The van der Waals surface area contributed by atoms with Crippen LogP contribution >= 0.6 is 11.3 Å². The Morgan fingerprint density at radius 1 is 1.00 bits per heavy atom. The van der Waals surface area contributed by atoms with Gasteiger partial charge in [-0.3, -0.25) is 4.79 Å².